The Hall–Kier alpha value is -2.14. The standard InChI is InChI=1S/C13H11ClN4O/c1-7-3-9(4-10-13(7)18-8(2)17-10)19-12-5-11(14)15-6-16-12/h3-6H,1-2H3,(H,17,18). The van der Waals surface area contributed by atoms with E-state index in [-0.39, 0.29) is 0 Å². The van der Waals surface area contributed by atoms with Crippen LogP contribution >= 0.6 is 11.6 Å². The minimum atomic E-state index is 0.347. The lowest BCUT2D eigenvalue weighted by atomic mass is 10.2. The minimum Gasteiger partial charge on any atom is -0.439 e. The lowest BCUT2D eigenvalue weighted by molar-refractivity contribution is 0.462. The molecule has 0 atom stereocenters. The maximum Gasteiger partial charge on any atom is 0.223 e. The molecule has 2 heterocycles. The summed E-state index contributed by atoms with van der Waals surface area (Å²) < 4.78 is 5.67. The number of H-pyrrole nitrogens is 1. The highest BCUT2D eigenvalue weighted by molar-refractivity contribution is 6.29. The zero-order valence-corrected chi connectivity index (χ0v) is 11.2. The van der Waals surface area contributed by atoms with Gasteiger partial charge < -0.3 is 9.72 Å². The molecule has 0 aliphatic carbocycles. The third kappa shape index (κ3) is 2.37. The highest BCUT2D eigenvalue weighted by Crippen LogP contribution is 2.27. The number of ether oxygens (including phenoxy) is 1. The highest BCUT2D eigenvalue weighted by Gasteiger charge is 2.07. The van der Waals surface area contributed by atoms with Crippen LogP contribution in [0, 0.1) is 13.8 Å². The lowest BCUT2D eigenvalue weighted by Crippen LogP contribution is -1.90. The first-order valence-corrected chi connectivity index (χ1v) is 6.12. The van der Waals surface area contributed by atoms with Crippen molar-refractivity contribution in [1.82, 2.24) is 19.9 Å². The second-order valence-electron chi connectivity index (χ2n) is 4.24. The number of fused-ring (bicyclic) bond motifs is 1. The molecule has 6 heteroatoms. The van der Waals surface area contributed by atoms with Crippen LogP contribution in [0.4, 0.5) is 0 Å². The molecule has 0 fully saturated rings. The molecule has 3 rings (SSSR count). The Morgan fingerprint density at radius 1 is 1.16 bits per heavy atom. The van der Waals surface area contributed by atoms with Crippen LogP contribution in [0.25, 0.3) is 11.0 Å². The molecule has 1 N–H and O–H groups in total. The summed E-state index contributed by atoms with van der Waals surface area (Å²) in [6.45, 7) is 3.91. The molecule has 0 saturated carbocycles. The van der Waals surface area contributed by atoms with Crippen LogP contribution in [0.5, 0.6) is 11.6 Å². The van der Waals surface area contributed by atoms with Gasteiger partial charge >= 0.3 is 0 Å². The number of benzene rings is 1. The van der Waals surface area contributed by atoms with Crippen molar-refractivity contribution in [2.45, 2.75) is 13.8 Å². The summed E-state index contributed by atoms with van der Waals surface area (Å²) in [5.74, 6) is 1.97. The first-order valence-electron chi connectivity index (χ1n) is 5.74. The van der Waals surface area contributed by atoms with Gasteiger partial charge in [-0.15, -0.1) is 0 Å². The van der Waals surface area contributed by atoms with E-state index in [0.29, 0.717) is 16.8 Å². The molecule has 0 saturated heterocycles. The number of hydrogen-bond donors (Lipinski definition) is 1. The molecule has 0 unspecified atom stereocenters. The van der Waals surface area contributed by atoms with E-state index >= 15 is 0 Å². The summed E-state index contributed by atoms with van der Waals surface area (Å²) in [6.07, 6.45) is 1.36. The van der Waals surface area contributed by atoms with Crippen LogP contribution in [0.15, 0.2) is 24.5 Å². The molecule has 3 aromatic rings. The molecule has 1 aromatic carbocycles. The minimum absolute atomic E-state index is 0.347. The second-order valence-corrected chi connectivity index (χ2v) is 4.63. The Morgan fingerprint density at radius 3 is 2.79 bits per heavy atom. The van der Waals surface area contributed by atoms with E-state index in [2.05, 4.69) is 19.9 Å². The number of imidazole rings is 1. The van der Waals surface area contributed by atoms with Crippen molar-refractivity contribution in [1.29, 1.82) is 0 Å². The Kier molecular flexibility index (Phi) is 2.83. The molecule has 0 radical (unpaired) electrons. The number of hydrogen-bond acceptors (Lipinski definition) is 4. The molecule has 0 aliphatic heterocycles. The predicted octanol–water partition coefficient (Wildman–Crippen LogP) is 3.42. The van der Waals surface area contributed by atoms with Crippen LogP contribution < -0.4 is 4.74 Å². The van der Waals surface area contributed by atoms with E-state index in [4.69, 9.17) is 16.3 Å². The van der Waals surface area contributed by atoms with Gasteiger partial charge in [0.15, 0.2) is 0 Å². The van der Waals surface area contributed by atoms with Crippen molar-refractivity contribution in [3.8, 4) is 11.6 Å². The molecule has 0 spiro atoms. The van der Waals surface area contributed by atoms with Gasteiger partial charge in [-0.25, -0.2) is 15.0 Å². The van der Waals surface area contributed by atoms with Crippen LogP contribution in [-0.2, 0) is 0 Å². The van der Waals surface area contributed by atoms with Crippen LogP contribution in [0.1, 0.15) is 11.4 Å². The van der Waals surface area contributed by atoms with Crippen molar-refractivity contribution < 1.29 is 4.74 Å². The molecular formula is C13H11ClN4O. The van der Waals surface area contributed by atoms with E-state index in [1.807, 2.05) is 26.0 Å². The van der Waals surface area contributed by atoms with Crippen LogP contribution in [0.2, 0.25) is 5.15 Å². The van der Waals surface area contributed by atoms with Gasteiger partial charge in [0, 0.05) is 12.1 Å². The smallest absolute Gasteiger partial charge is 0.223 e. The lowest BCUT2D eigenvalue weighted by Gasteiger charge is -2.05. The Labute approximate surface area is 114 Å². The summed E-state index contributed by atoms with van der Waals surface area (Å²) in [6, 6.07) is 5.37. The summed E-state index contributed by atoms with van der Waals surface area (Å²) in [4.78, 5) is 15.4. The van der Waals surface area contributed by atoms with Gasteiger partial charge in [-0.3, -0.25) is 0 Å². The van der Waals surface area contributed by atoms with Gasteiger partial charge in [-0.1, -0.05) is 11.6 Å². The van der Waals surface area contributed by atoms with Gasteiger partial charge in [0.1, 0.15) is 23.1 Å². The number of rotatable bonds is 2. The van der Waals surface area contributed by atoms with Crippen LogP contribution in [-0.4, -0.2) is 19.9 Å². The first kappa shape index (κ1) is 11.9. The Morgan fingerprint density at radius 2 is 2.00 bits per heavy atom. The maximum atomic E-state index is 5.79. The molecule has 0 aliphatic rings. The van der Waals surface area contributed by atoms with Crippen molar-refractivity contribution in [3.63, 3.8) is 0 Å². The van der Waals surface area contributed by atoms with Crippen molar-refractivity contribution in [2.24, 2.45) is 0 Å². The molecular weight excluding hydrogens is 264 g/mol. The van der Waals surface area contributed by atoms with E-state index < -0.39 is 0 Å². The van der Waals surface area contributed by atoms with E-state index in [9.17, 15) is 0 Å². The average molecular weight is 275 g/mol. The fourth-order valence-corrected chi connectivity index (χ4v) is 2.07. The van der Waals surface area contributed by atoms with Crippen molar-refractivity contribution in [2.75, 3.05) is 0 Å². The number of nitrogens with one attached hydrogen (secondary N) is 1. The zero-order valence-electron chi connectivity index (χ0n) is 10.4. The number of halogens is 1. The molecule has 19 heavy (non-hydrogen) atoms. The summed E-state index contributed by atoms with van der Waals surface area (Å²) in [7, 11) is 0. The third-order valence-electron chi connectivity index (χ3n) is 2.70. The SMILES string of the molecule is Cc1nc2c(C)cc(Oc3cc(Cl)ncn3)cc2[nH]1. The topological polar surface area (TPSA) is 63.7 Å². The van der Waals surface area contributed by atoms with E-state index in [0.717, 1.165) is 22.4 Å². The third-order valence-corrected chi connectivity index (χ3v) is 2.91. The molecule has 0 bridgehead atoms. The normalized spacial score (nSPS) is 10.9. The predicted molar refractivity (Wildman–Crippen MR) is 72.7 cm³/mol. The molecule has 96 valence electrons. The van der Waals surface area contributed by atoms with Gasteiger partial charge in [-0.05, 0) is 25.5 Å². The molecule has 0 amide bonds. The quantitative estimate of drug-likeness (QED) is 0.727. The van der Waals surface area contributed by atoms with Gasteiger partial charge in [-0.2, -0.15) is 0 Å². The first-order chi connectivity index (χ1) is 9.11. The second kappa shape index (κ2) is 4.51. The summed E-state index contributed by atoms with van der Waals surface area (Å²) >= 11 is 5.79. The molecule has 2 aromatic heterocycles. The van der Waals surface area contributed by atoms with E-state index in [1.165, 1.54) is 6.33 Å². The van der Waals surface area contributed by atoms with Crippen molar-refractivity contribution >= 4 is 22.6 Å². The average Bonchev–Trinajstić information content (AvgIpc) is 2.70. The number of aryl methyl sites for hydroxylation is 2. The fourth-order valence-electron chi connectivity index (χ4n) is 1.93. The van der Waals surface area contributed by atoms with Gasteiger partial charge in [0.05, 0.1) is 11.0 Å². The number of aromatic nitrogens is 4. The van der Waals surface area contributed by atoms with Gasteiger partial charge in [0.25, 0.3) is 0 Å². The Balaban J connectivity index is 2.01. The van der Waals surface area contributed by atoms with Gasteiger partial charge in [0.2, 0.25) is 5.88 Å². The van der Waals surface area contributed by atoms with E-state index in [1.54, 1.807) is 6.07 Å². The summed E-state index contributed by atoms with van der Waals surface area (Å²) in [5, 5.41) is 0.347. The largest absolute Gasteiger partial charge is 0.439 e. The van der Waals surface area contributed by atoms with Crippen molar-refractivity contribution in [3.05, 3.63) is 41.1 Å². The monoisotopic (exact) mass is 274 g/mol. The fraction of sp³-hybridized carbons (Fsp3) is 0.154. The molecule has 5 nitrogen and oxygen atoms in total. The Bertz CT molecular complexity index is 753. The zero-order chi connectivity index (χ0) is 13.4. The maximum absolute atomic E-state index is 5.79. The number of nitrogens with zero attached hydrogens (tertiary/aromatic N) is 3. The highest BCUT2D eigenvalue weighted by atomic mass is 35.5. The summed E-state index contributed by atoms with van der Waals surface area (Å²) in [5.41, 5.74) is 2.93. The number of aromatic amines is 1. The van der Waals surface area contributed by atoms with Crippen LogP contribution in [0.3, 0.4) is 0 Å².